The third kappa shape index (κ3) is 3.62. The summed E-state index contributed by atoms with van der Waals surface area (Å²) in [4.78, 5) is 12.5. The normalized spacial score (nSPS) is 17.1. The van der Waals surface area contributed by atoms with Gasteiger partial charge in [-0.2, -0.15) is 0 Å². The largest absolute Gasteiger partial charge is 0.493 e. The molecule has 1 N–H and O–H groups in total. The second-order valence-electron chi connectivity index (χ2n) is 5.50. The van der Waals surface area contributed by atoms with Gasteiger partial charge in [-0.25, -0.2) is 0 Å². The van der Waals surface area contributed by atoms with Crippen LogP contribution < -0.4 is 14.8 Å². The fourth-order valence-corrected chi connectivity index (χ4v) is 3.15. The predicted molar refractivity (Wildman–Crippen MR) is 83.5 cm³/mol. The van der Waals surface area contributed by atoms with Crippen LogP contribution in [0.4, 0.5) is 0 Å². The lowest BCUT2D eigenvalue weighted by molar-refractivity contribution is 0.0884. The molecule has 116 valence electrons. The second-order valence-corrected chi connectivity index (χ2v) is 5.77. The molecule has 4 nitrogen and oxygen atoms in total. The Kier molecular flexibility index (Phi) is 5.34. The first kappa shape index (κ1) is 16.0. The maximum Gasteiger partial charge on any atom is 0.251 e. The van der Waals surface area contributed by atoms with E-state index in [-0.39, 0.29) is 11.4 Å². The second kappa shape index (κ2) is 7.03. The minimum Gasteiger partial charge on any atom is -0.493 e. The van der Waals surface area contributed by atoms with Crippen molar-refractivity contribution in [3.63, 3.8) is 0 Å². The van der Waals surface area contributed by atoms with Crippen LogP contribution in [0.3, 0.4) is 0 Å². The van der Waals surface area contributed by atoms with Crippen LogP contribution in [0.5, 0.6) is 11.5 Å². The van der Waals surface area contributed by atoms with E-state index in [1.165, 1.54) is 6.42 Å². The Balaban J connectivity index is 2.15. The van der Waals surface area contributed by atoms with Crippen LogP contribution in [0.2, 0.25) is 0 Å². The summed E-state index contributed by atoms with van der Waals surface area (Å²) in [5, 5.41) is 3.12. The van der Waals surface area contributed by atoms with Crippen LogP contribution in [0.1, 0.15) is 42.5 Å². The highest BCUT2D eigenvalue weighted by Gasteiger charge is 2.33. The maximum absolute atomic E-state index is 12.5. The van der Waals surface area contributed by atoms with Gasteiger partial charge in [-0.15, -0.1) is 11.6 Å². The number of halogens is 1. The van der Waals surface area contributed by atoms with Gasteiger partial charge in [0.05, 0.1) is 19.8 Å². The van der Waals surface area contributed by atoms with Crippen molar-refractivity contribution in [2.24, 2.45) is 0 Å². The minimum absolute atomic E-state index is 0.112. The molecule has 0 atom stereocenters. The van der Waals surface area contributed by atoms with Crippen molar-refractivity contribution in [2.45, 2.75) is 37.6 Å². The summed E-state index contributed by atoms with van der Waals surface area (Å²) in [7, 11) is 3.13. The van der Waals surface area contributed by atoms with Crippen LogP contribution in [-0.4, -0.2) is 31.5 Å². The SMILES string of the molecule is COc1ccc(C(=O)NC2(CCl)CCCCC2)cc1OC. The van der Waals surface area contributed by atoms with Crippen molar-refractivity contribution in [3.8, 4) is 11.5 Å². The Labute approximate surface area is 130 Å². The number of hydrogen-bond donors (Lipinski definition) is 1. The van der Waals surface area contributed by atoms with Gasteiger partial charge in [0.25, 0.3) is 5.91 Å². The van der Waals surface area contributed by atoms with Crippen molar-refractivity contribution in [2.75, 3.05) is 20.1 Å². The third-order valence-electron chi connectivity index (χ3n) is 4.09. The molecule has 1 aliphatic rings. The highest BCUT2D eigenvalue weighted by molar-refractivity contribution is 6.19. The number of carbonyl (C=O) groups excluding carboxylic acids is 1. The molecule has 2 rings (SSSR count). The third-order valence-corrected chi connectivity index (χ3v) is 4.60. The molecule has 1 saturated carbocycles. The monoisotopic (exact) mass is 311 g/mol. The number of benzene rings is 1. The van der Waals surface area contributed by atoms with Gasteiger partial charge in [-0.3, -0.25) is 4.79 Å². The lowest BCUT2D eigenvalue weighted by Gasteiger charge is -2.36. The Bertz CT molecular complexity index is 498. The number of ether oxygens (including phenoxy) is 2. The summed E-state index contributed by atoms with van der Waals surface area (Å²) in [6.45, 7) is 0. The molecule has 21 heavy (non-hydrogen) atoms. The zero-order valence-electron chi connectivity index (χ0n) is 12.6. The van der Waals surface area contributed by atoms with E-state index >= 15 is 0 Å². The molecular weight excluding hydrogens is 290 g/mol. The topological polar surface area (TPSA) is 47.6 Å². The molecule has 0 spiro atoms. The fraction of sp³-hybridized carbons (Fsp3) is 0.562. The molecule has 0 aromatic heterocycles. The van der Waals surface area contributed by atoms with E-state index in [0.29, 0.717) is 22.9 Å². The number of nitrogens with one attached hydrogen (secondary N) is 1. The summed E-state index contributed by atoms with van der Waals surface area (Å²) in [5.74, 6) is 1.50. The van der Waals surface area contributed by atoms with Gasteiger partial charge in [-0.1, -0.05) is 19.3 Å². The van der Waals surface area contributed by atoms with Gasteiger partial charge >= 0.3 is 0 Å². The smallest absolute Gasteiger partial charge is 0.251 e. The van der Waals surface area contributed by atoms with Crippen LogP contribution >= 0.6 is 11.6 Å². The van der Waals surface area contributed by atoms with Gasteiger partial charge in [0.15, 0.2) is 11.5 Å². The van der Waals surface area contributed by atoms with E-state index in [9.17, 15) is 4.79 Å². The van der Waals surface area contributed by atoms with Crippen LogP contribution in [0.15, 0.2) is 18.2 Å². The van der Waals surface area contributed by atoms with Gasteiger partial charge in [-0.05, 0) is 31.0 Å². The number of rotatable bonds is 5. The van der Waals surface area contributed by atoms with E-state index < -0.39 is 0 Å². The number of methoxy groups -OCH3 is 2. The highest BCUT2D eigenvalue weighted by Crippen LogP contribution is 2.31. The molecule has 1 fully saturated rings. The van der Waals surface area contributed by atoms with Gasteiger partial charge in [0.1, 0.15) is 0 Å². The van der Waals surface area contributed by atoms with Gasteiger partial charge in [0, 0.05) is 11.4 Å². The molecule has 1 aromatic rings. The maximum atomic E-state index is 12.5. The lowest BCUT2D eigenvalue weighted by atomic mass is 9.83. The predicted octanol–water partition coefficient (Wildman–Crippen LogP) is 3.38. The molecule has 0 saturated heterocycles. The molecule has 0 radical (unpaired) electrons. The van der Waals surface area contributed by atoms with E-state index in [1.54, 1.807) is 32.4 Å². The average Bonchev–Trinajstić information content (AvgIpc) is 2.54. The Morgan fingerprint density at radius 2 is 1.86 bits per heavy atom. The molecule has 5 heteroatoms. The number of amides is 1. The summed E-state index contributed by atoms with van der Waals surface area (Å²) in [6, 6.07) is 5.17. The summed E-state index contributed by atoms with van der Waals surface area (Å²) in [5.41, 5.74) is 0.284. The molecule has 0 unspecified atom stereocenters. The Hall–Kier alpha value is -1.42. The number of hydrogen-bond acceptors (Lipinski definition) is 3. The van der Waals surface area contributed by atoms with E-state index in [4.69, 9.17) is 21.1 Å². The van der Waals surface area contributed by atoms with Crippen molar-refractivity contribution < 1.29 is 14.3 Å². The molecule has 0 bridgehead atoms. The molecule has 1 aromatic carbocycles. The zero-order valence-corrected chi connectivity index (χ0v) is 13.3. The fourth-order valence-electron chi connectivity index (χ4n) is 2.81. The van der Waals surface area contributed by atoms with Crippen LogP contribution in [0.25, 0.3) is 0 Å². The lowest BCUT2D eigenvalue weighted by Crippen LogP contribution is -2.51. The van der Waals surface area contributed by atoms with Gasteiger partial charge in [0.2, 0.25) is 0 Å². The first-order valence-electron chi connectivity index (χ1n) is 7.24. The first-order valence-corrected chi connectivity index (χ1v) is 7.78. The summed E-state index contributed by atoms with van der Waals surface area (Å²) in [6.07, 6.45) is 5.31. The van der Waals surface area contributed by atoms with E-state index in [2.05, 4.69) is 5.32 Å². The summed E-state index contributed by atoms with van der Waals surface area (Å²) < 4.78 is 10.4. The minimum atomic E-state index is -0.274. The van der Waals surface area contributed by atoms with E-state index in [0.717, 1.165) is 25.7 Å². The van der Waals surface area contributed by atoms with Crippen LogP contribution in [0, 0.1) is 0 Å². The highest BCUT2D eigenvalue weighted by atomic mass is 35.5. The van der Waals surface area contributed by atoms with E-state index in [1.807, 2.05) is 0 Å². The molecule has 0 heterocycles. The Morgan fingerprint density at radius 3 is 2.43 bits per heavy atom. The summed E-state index contributed by atoms with van der Waals surface area (Å²) >= 11 is 6.12. The zero-order chi connectivity index (χ0) is 15.3. The standard InChI is InChI=1S/C16H22ClNO3/c1-20-13-7-6-12(10-14(13)21-2)15(19)18-16(11-17)8-4-3-5-9-16/h6-7,10H,3-5,8-9,11H2,1-2H3,(H,18,19). The van der Waals surface area contributed by atoms with Crippen molar-refractivity contribution in [1.29, 1.82) is 0 Å². The van der Waals surface area contributed by atoms with Crippen LogP contribution in [-0.2, 0) is 0 Å². The molecular formula is C16H22ClNO3. The Morgan fingerprint density at radius 1 is 1.19 bits per heavy atom. The average molecular weight is 312 g/mol. The van der Waals surface area contributed by atoms with Crippen molar-refractivity contribution in [1.82, 2.24) is 5.32 Å². The molecule has 1 amide bonds. The first-order chi connectivity index (χ1) is 10.1. The number of alkyl halides is 1. The van der Waals surface area contributed by atoms with Gasteiger partial charge < -0.3 is 14.8 Å². The number of carbonyl (C=O) groups is 1. The quantitative estimate of drug-likeness (QED) is 0.848. The molecule has 1 aliphatic carbocycles. The molecule has 0 aliphatic heterocycles. The van der Waals surface area contributed by atoms with Crippen molar-refractivity contribution >= 4 is 17.5 Å². The van der Waals surface area contributed by atoms with Crippen molar-refractivity contribution in [3.05, 3.63) is 23.8 Å².